The average molecular weight is 841 g/mol. The molecular weight excluding hydrogens is 761 g/mol. The number of aliphatic hydroxyl groups is 4. The van der Waals surface area contributed by atoms with Gasteiger partial charge in [0.2, 0.25) is 0 Å². The molecule has 0 aliphatic carbocycles. The zero-order chi connectivity index (χ0) is 44.5. The monoisotopic (exact) mass is 841 g/mol. The molecule has 3 heterocycles. The van der Waals surface area contributed by atoms with Crippen LogP contribution in [0.15, 0.2) is 71.9 Å². The Morgan fingerprint density at radius 1 is 0.600 bits per heavy atom. The molecule has 0 radical (unpaired) electrons. The predicted molar refractivity (Wildman–Crippen MR) is 238 cm³/mol. The molecule has 0 saturated carbocycles. The van der Waals surface area contributed by atoms with Crippen molar-refractivity contribution in [1.29, 1.82) is 0 Å². The average Bonchev–Trinajstić information content (AvgIpc) is 3.20. The van der Waals surface area contributed by atoms with Crippen molar-refractivity contribution in [2.45, 2.75) is 194 Å². The van der Waals surface area contributed by atoms with Crippen LogP contribution in [0.5, 0.6) is 0 Å². The maximum atomic E-state index is 13.6. The van der Waals surface area contributed by atoms with Crippen molar-refractivity contribution in [2.24, 2.45) is 35.5 Å². The van der Waals surface area contributed by atoms with Crippen LogP contribution in [0, 0.1) is 35.5 Å². The minimum absolute atomic E-state index is 0.0580. The Hall–Kier alpha value is -2.86. The molecule has 16 atom stereocenters. The molecule has 3 rings (SSSR count). The summed E-state index contributed by atoms with van der Waals surface area (Å²) in [6, 6.07) is 0. The SMILES string of the molecule is CCC1=C/C=C/C(CC)C(C(C)C(O)CC2CC(O)C(CC)C(C)O2)OC(=O)/C=C/C(CC)=C/C=C/C(CC)C(C(C)C(O)CC2CC(O)C(CC)C(C)O2)OC(=O)/C=C\1. The fourth-order valence-electron chi connectivity index (χ4n) is 9.40. The molecule has 0 bridgehead atoms. The molecule has 10 nitrogen and oxygen atoms in total. The molecule has 0 aromatic rings. The molecule has 0 spiro atoms. The standard InChI is InChI=1S/C50H80O10/c1-11-35-19-17-21-37(13-3)49(31(7)43(51)27-39-29-45(53)41(15-5)33(9)57-39)60-48(56)26-24-36(12-2)20-18-22-38(14-4)50(59-47(55)25-23-35)32(8)44(52)28-40-30-46(54)42(16-6)34(10)58-40/h17-26,31-34,37-46,49-54H,11-16,27-30H2,1-10H3/b21-17+,22-18+,25-23-,26-24+,35-19-,36-20+. The molecule has 2 fully saturated rings. The molecule has 0 aromatic carbocycles. The molecule has 340 valence electrons. The van der Waals surface area contributed by atoms with Gasteiger partial charge in [-0.3, -0.25) is 0 Å². The predicted octanol–water partition coefficient (Wildman–Crippen LogP) is 8.68. The van der Waals surface area contributed by atoms with E-state index in [0.29, 0.717) is 51.4 Å². The Bertz CT molecular complexity index is 1360. The molecule has 10 heteroatoms. The van der Waals surface area contributed by atoms with Gasteiger partial charge in [0.05, 0.1) is 48.8 Å². The maximum absolute atomic E-state index is 13.6. The third-order valence-electron chi connectivity index (χ3n) is 13.5. The molecule has 3 aliphatic rings. The van der Waals surface area contributed by atoms with Crippen LogP contribution in [-0.4, -0.2) is 93.4 Å². The summed E-state index contributed by atoms with van der Waals surface area (Å²) >= 11 is 0. The van der Waals surface area contributed by atoms with E-state index in [1.807, 2.05) is 106 Å². The van der Waals surface area contributed by atoms with Gasteiger partial charge < -0.3 is 39.4 Å². The molecule has 16 unspecified atom stereocenters. The van der Waals surface area contributed by atoms with Crippen molar-refractivity contribution in [3.05, 3.63) is 71.9 Å². The van der Waals surface area contributed by atoms with Crippen LogP contribution in [-0.2, 0) is 28.5 Å². The van der Waals surface area contributed by atoms with Crippen molar-refractivity contribution in [2.75, 3.05) is 0 Å². The molecule has 2 saturated heterocycles. The number of carbonyl (C=O) groups excluding carboxylic acids is 2. The summed E-state index contributed by atoms with van der Waals surface area (Å²) in [7, 11) is 0. The highest BCUT2D eigenvalue weighted by Gasteiger charge is 2.40. The van der Waals surface area contributed by atoms with E-state index >= 15 is 0 Å². The molecule has 0 aromatic heterocycles. The number of cyclic esters (lactones) is 2. The molecule has 60 heavy (non-hydrogen) atoms. The highest BCUT2D eigenvalue weighted by molar-refractivity contribution is 5.83. The van der Waals surface area contributed by atoms with Crippen LogP contribution in [0.3, 0.4) is 0 Å². The van der Waals surface area contributed by atoms with Crippen LogP contribution < -0.4 is 0 Å². The number of hydrogen-bond donors (Lipinski definition) is 4. The van der Waals surface area contributed by atoms with Gasteiger partial charge in [0, 0.05) is 60.5 Å². The van der Waals surface area contributed by atoms with E-state index in [4.69, 9.17) is 18.9 Å². The Balaban J connectivity index is 1.93. The lowest BCUT2D eigenvalue weighted by Gasteiger charge is -2.40. The topological polar surface area (TPSA) is 152 Å². The van der Waals surface area contributed by atoms with E-state index in [1.54, 1.807) is 12.2 Å². The lowest BCUT2D eigenvalue weighted by molar-refractivity contribution is -0.157. The third kappa shape index (κ3) is 15.2. The smallest absolute Gasteiger partial charge is 0.331 e. The Labute approximate surface area is 361 Å². The van der Waals surface area contributed by atoms with Crippen molar-refractivity contribution >= 4 is 11.9 Å². The fourth-order valence-corrected chi connectivity index (χ4v) is 9.40. The first kappa shape index (κ1) is 51.5. The number of carbonyl (C=O) groups is 2. The van der Waals surface area contributed by atoms with Crippen LogP contribution in [0.4, 0.5) is 0 Å². The normalized spacial score (nSPS) is 38.6. The van der Waals surface area contributed by atoms with Gasteiger partial charge in [-0.25, -0.2) is 9.59 Å². The van der Waals surface area contributed by atoms with E-state index in [1.165, 1.54) is 12.2 Å². The highest BCUT2D eigenvalue weighted by atomic mass is 16.6. The largest absolute Gasteiger partial charge is 0.458 e. The second-order valence-electron chi connectivity index (χ2n) is 17.6. The number of aliphatic hydroxyl groups excluding tert-OH is 4. The van der Waals surface area contributed by atoms with Crippen LogP contribution in [0.1, 0.15) is 133 Å². The van der Waals surface area contributed by atoms with Crippen molar-refractivity contribution in [3.8, 4) is 0 Å². The van der Waals surface area contributed by atoms with Gasteiger partial charge in [-0.15, -0.1) is 0 Å². The molecule has 4 N–H and O–H groups in total. The first-order valence-corrected chi connectivity index (χ1v) is 23.2. The second-order valence-corrected chi connectivity index (χ2v) is 17.6. The first-order chi connectivity index (χ1) is 28.6. The summed E-state index contributed by atoms with van der Waals surface area (Å²) in [6.07, 6.45) is 18.9. The minimum atomic E-state index is -0.848. The summed E-state index contributed by atoms with van der Waals surface area (Å²) in [5.41, 5.74) is 1.76. The lowest BCUT2D eigenvalue weighted by atomic mass is 9.82. The van der Waals surface area contributed by atoms with Crippen LogP contribution >= 0.6 is 0 Å². The summed E-state index contributed by atoms with van der Waals surface area (Å²) in [5, 5.41) is 44.7. The lowest BCUT2D eigenvalue weighted by Crippen LogP contribution is -2.45. The molecule has 0 amide bonds. The van der Waals surface area contributed by atoms with Gasteiger partial charge in [0.1, 0.15) is 12.2 Å². The Morgan fingerprint density at radius 3 is 1.27 bits per heavy atom. The van der Waals surface area contributed by atoms with Crippen molar-refractivity contribution in [3.63, 3.8) is 0 Å². The van der Waals surface area contributed by atoms with Crippen LogP contribution in [0.2, 0.25) is 0 Å². The highest BCUT2D eigenvalue weighted by Crippen LogP contribution is 2.35. The summed E-state index contributed by atoms with van der Waals surface area (Å²) in [5.74, 6) is -2.24. The second kappa shape index (κ2) is 25.9. The number of rotatable bonds is 14. The van der Waals surface area contributed by atoms with Crippen LogP contribution in [0.25, 0.3) is 0 Å². The Kier molecular flexibility index (Phi) is 22.2. The van der Waals surface area contributed by atoms with Gasteiger partial charge in [-0.1, -0.05) is 104 Å². The molecule has 3 aliphatic heterocycles. The van der Waals surface area contributed by atoms with Gasteiger partial charge in [0.15, 0.2) is 0 Å². The summed E-state index contributed by atoms with van der Waals surface area (Å²) in [4.78, 5) is 27.1. The number of esters is 2. The van der Waals surface area contributed by atoms with Gasteiger partial charge in [-0.2, -0.15) is 0 Å². The number of ether oxygens (including phenoxy) is 4. The zero-order valence-corrected chi connectivity index (χ0v) is 38.3. The first-order valence-electron chi connectivity index (χ1n) is 23.2. The van der Waals surface area contributed by atoms with E-state index < -0.39 is 60.4 Å². The number of hydrogen-bond acceptors (Lipinski definition) is 10. The summed E-state index contributed by atoms with van der Waals surface area (Å²) < 4.78 is 24.9. The van der Waals surface area contributed by atoms with Crippen molar-refractivity contribution in [1.82, 2.24) is 0 Å². The van der Waals surface area contributed by atoms with Crippen molar-refractivity contribution < 1.29 is 49.0 Å². The Morgan fingerprint density at radius 2 is 0.967 bits per heavy atom. The van der Waals surface area contributed by atoms with E-state index in [-0.39, 0.29) is 48.1 Å². The quantitative estimate of drug-likeness (QED) is 0.125. The fraction of sp³-hybridized carbons (Fsp3) is 0.720. The van der Waals surface area contributed by atoms with E-state index in [0.717, 1.165) is 24.0 Å². The van der Waals surface area contributed by atoms with Gasteiger partial charge in [-0.05, 0) is 76.4 Å². The van der Waals surface area contributed by atoms with E-state index in [9.17, 15) is 30.0 Å². The molecular formula is C50H80O10. The maximum Gasteiger partial charge on any atom is 0.331 e. The number of allylic oxidation sites excluding steroid dienone is 8. The van der Waals surface area contributed by atoms with E-state index in [2.05, 4.69) is 0 Å². The van der Waals surface area contributed by atoms with Gasteiger partial charge >= 0.3 is 11.9 Å². The minimum Gasteiger partial charge on any atom is -0.458 e. The van der Waals surface area contributed by atoms with Gasteiger partial charge in [0.25, 0.3) is 0 Å². The zero-order valence-electron chi connectivity index (χ0n) is 38.3. The summed E-state index contributed by atoms with van der Waals surface area (Å²) in [6.45, 7) is 19.9. The third-order valence-corrected chi connectivity index (χ3v) is 13.5.